The molecule has 0 rings (SSSR count). The first kappa shape index (κ1) is 12.8. The van der Waals surface area contributed by atoms with E-state index in [0.717, 1.165) is 12.8 Å². The van der Waals surface area contributed by atoms with Crippen molar-refractivity contribution in [2.75, 3.05) is 13.1 Å². The molecule has 0 spiro atoms. The van der Waals surface area contributed by atoms with Crippen molar-refractivity contribution < 1.29 is 13.2 Å². The second-order valence-electron chi connectivity index (χ2n) is 3.34. The number of hydrogen-bond donors (Lipinski definition) is 0. The van der Waals surface area contributed by atoms with Gasteiger partial charge in [0.25, 0.3) is 0 Å². The highest BCUT2D eigenvalue weighted by Crippen LogP contribution is 2.18. The molecule has 1 nitrogen and oxygen atoms in total. The predicted molar refractivity (Wildman–Crippen MR) is 47.7 cm³/mol. The van der Waals surface area contributed by atoms with E-state index < -0.39 is 12.7 Å². The quantitative estimate of drug-likeness (QED) is 0.654. The highest BCUT2D eigenvalue weighted by atomic mass is 19.4. The van der Waals surface area contributed by atoms with Gasteiger partial charge in [-0.05, 0) is 26.3 Å². The maximum Gasteiger partial charge on any atom is 0.401 e. The van der Waals surface area contributed by atoms with Crippen molar-refractivity contribution in [2.24, 2.45) is 0 Å². The van der Waals surface area contributed by atoms with Crippen molar-refractivity contribution in [2.45, 2.75) is 45.8 Å². The number of hydrogen-bond acceptors (Lipinski definition) is 1. The minimum absolute atomic E-state index is 0.0153. The molecule has 0 saturated heterocycles. The molecule has 0 aromatic rings. The topological polar surface area (TPSA) is 3.24 Å². The van der Waals surface area contributed by atoms with Gasteiger partial charge < -0.3 is 0 Å². The molecule has 13 heavy (non-hydrogen) atoms. The normalized spacial score (nSPS) is 15.0. The molecule has 1 atom stereocenters. The lowest BCUT2D eigenvalue weighted by Gasteiger charge is -2.28. The third-order valence-electron chi connectivity index (χ3n) is 2.11. The first-order chi connectivity index (χ1) is 5.90. The number of rotatable bonds is 5. The van der Waals surface area contributed by atoms with Crippen LogP contribution in [0.1, 0.15) is 33.6 Å². The first-order valence-corrected chi connectivity index (χ1v) is 4.71. The van der Waals surface area contributed by atoms with Crippen LogP contribution < -0.4 is 0 Å². The highest BCUT2D eigenvalue weighted by molar-refractivity contribution is 4.68. The van der Waals surface area contributed by atoms with E-state index in [1.54, 1.807) is 0 Å². The summed E-state index contributed by atoms with van der Waals surface area (Å²) in [5.74, 6) is 0. The summed E-state index contributed by atoms with van der Waals surface area (Å²) in [5, 5.41) is 0. The Hall–Kier alpha value is -0.250. The summed E-state index contributed by atoms with van der Waals surface area (Å²) < 4.78 is 36.3. The van der Waals surface area contributed by atoms with Crippen LogP contribution >= 0.6 is 0 Å². The molecule has 80 valence electrons. The maximum absolute atomic E-state index is 12.1. The zero-order valence-electron chi connectivity index (χ0n) is 8.49. The molecule has 0 aliphatic heterocycles. The molecule has 0 bridgehead atoms. The number of nitrogens with zero attached hydrogens (tertiary/aromatic N) is 1. The Bertz CT molecular complexity index is 133. The Morgan fingerprint density at radius 1 is 1.23 bits per heavy atom. The highest BCUT2D eigenvalue weighted by Gasteiger charge is 2.31. The number of halogens is 3. The summed E-state index contributed by atoms with van der Waals surface area (Å²) in [7, 11) is 0. The van der Waals surface area contributed by atoms with Crippen LogP contribution in [0.4, 0.5) is 13.2 Å². The van der Waals surface area contributed by atoms with Crippen molar-refractivity contribution in [1.82, 2.24) is 4.90 Å². The molecule has 0 fully saturated rings. The Labute approximate surface area is 77.9 Å². The van der Waals surface area contributed by atoms with Crippen LogP contribution in [0.5, 0.6) is 0 Å². The largest absolute Gasteiger partial charge is 0.401 e. The van der Waals surface area contributed by atoms with Gasteiger partial charge >= 0.3 is 6.18 Å². The van der Waals surface area contributed by atoms with Crippen molar-refractivity contribution in [3.05, 3.63) is 0 Å². The number of alkyl halides is 3. The summed E-state index contributed by atoms with van der Waals surface area (Å²) in [6.45, 7) is 5.38. The standard InChI is InChI=1S/C9H18F3N/c1-4-6-13(8(3)5-2)7-9(10,11)12/h8H,4-7H2,1-3H3. The molecule has 0 aliphatic carbocycles. The summed E-state index contributed by atoms with van der Waals surface area (Å²) in [6.07, 6.45) is -2.55. The molecule has 4 heteroatoms. The van der Waals surface area contributed by atoms with E-state index in [4.69, 9.17) is 0 Å². The van der Waals surface area contributed by atoms with E-state index >= 15 is 0 Å². The second-order valence-corrected chi connectivity index (χ2v) is 3.34. The molecule has 0 radical (unpaired) electrons. The molecule has 0 amide bonds. The Morgan fingerprint density at radius 2 is 1.77 bits per heavy atom. The fourth-order valence-electron chi connectivity index (χ4n) is 1.23. The van der Waals surface area contributed by atoms with Gasteiger partial charge in [-0.1, -0.05) is 13.8 Å². The average molecular weight is 197 g/mol. The zero-order chi connectivity index (χ0) is 10.5. The van der Waals surface area contributed by atoms with E-state index in [0.29, 0.717) is 6.54 Å². The van der Waals surface area contributed by atoms with Gasteiger partial charge in [-0.25, -0.2) is 0 Å². The van der Waals surface area contributed by atoms with Gasteiger partial charge in [0.15, 0.2) is 0 Å². The van der Waals surface area contributed by atoms with E-state index in [2.05, 4.69) is 0 Å². The molecule has 0 aromatic carbocycles. The van der Waals surface area contributed by atoms with Crippen molar-refractivity contribution in [3.63, 3.8) is 0 Å². The molecule has 0 heterocycles. The first-order valence-electron chi connectivity index (χ1n) is 4.71. The maximum atomic E-state index is 12.1. The van der Waals surface area contributed by atoms with E-state index in [9.17, 15) is 13.2 Å². The van der Waals surface area contributed by atoms with E-state index in [1.165, 1.54) is 4.90 Å². The van der Waals surface area contributed by atoms with Crippen LogP contribution in [-0.4, -0.2) is 30.2 Å². The van der Waals surface area contributed by atoms with Crippen LogP contribution in [0.25, 0.3) is 0 Å². The van der Waals surface area contributed by atoms with Gasteiger partial charge in [0.05, 0.1) is 6.54 Å². The SMILES string of the molecule is CCCN(CC(F)(F)F)C(C)CC. The molecular formula is C9H18F3N. The zero-order valence-corrected chi connectivity index (χ0v) is 8.49. The Morgan fingerprint density at radius 3 is 2.08 bits per heavy atom. The van der Waals surface area contributed by atoms with E-state index in [-0.39, 0.29) is 6.04 Å². The van der Waals surface area contributed by atoms with E-state index in [1.807, 2.05) is 20.8 Å². The summed E-state index contributed by atoms with van der Waals surface area (Å²) >= 11 is 0. The Balaban J connectivity index is 4.09. The monoisotopic (exact) mass is 197 g/mol. The minimum Gasteiger partial charge on any atom is -0.292 e. The van der Waals surface area contributed by atoms with Gasteiger partial charge in [0.1, 0.15) is 0 Å². The third kappa shape index (κ3) is 5.91. The molecule has 0 aliphatic rings. The van der Waals surface area contributed by atoms with Crippen LogP contribution in [0.3, 0.4) is 0 Å². The van der Waals surface area contributed by atoms with Gasteiger partial charge in [0.2, 0.25) is 0 Å². The molecule has 0 N–H and O–H groups in total. The Kier molecular flexibility index (Phi) is 5.37. The third-order valence-corrected chi connectivity index (χ3v) is 2.11. The van der Waals surface area contributed by atoms with Crippen molar-refractivity contribution in [3.8, 4) is 0 Å². The molecule has 0 saturated carbocycles. The summed E-state index contributed by atoms with van der Waals surface area (Å²) in [4.78, 5) is 1.49. The summed E-state index contributed by atoms with van der Waals surface area (Å²) in [5.41, 5.74) is 0. The van der Waals surface area contributed by atoms with Crippen LogP contribution in [-0.2, 0) is 0 Å². The molecule has 0 aromatic heterocycles. The predicted octanol–water partition coefficient (Wildman–Crippen LogP) is 3.06. The smallest absolute Gasteiger partial charge is 0.292 e. The van der Waals surface area contributed by atoms with Gasteiger partial charge in [-0.15, -0.1) is 0 Å². The average Bonchev–Trinajstić information content (AvgIpc) is 2.00. The fourth-order valence-corrected chi connectivity index (χ4v) is 1.23. The lowest BCUT2D eigenvalue weighted by atomic mass is 10.2. The molecule has 1 unspecified atom stereocenters. The van der Waals surface area contributed by atoms with Crippen LogP contribution in [0.2, 0.25) is 0 Å². The van der Waals surface area contributed by atoms with Gasteiger partial charge in [0, 0.05) is 6.04 Å². The lowest BCUT2D eigenvalue weighted by molar-refractivity contribution is -0.150. The fraction of sp³-hybridized carbons (Fsp3) is 1.00. The second kappa shape index (κ2) is 5.47. The van der Waals surface area contributed by atoms with Gasteiger partial charge in [-0.2, -0.15) is 13.2 Å². The van der Waals surface area contributed by atoms with Crippen LogP contribution in [0.15, 0.2) is 0 Å². The van der Waals surface area contributed by atoms with Crippen LogP contribution in [0, 0.1) is 0 Å². The van der Waals surface area contributed by atoms with Gasteiger partial charge in [-0.3, -0.25) is 4.90 Å². The molecular weight excluding hydrogens is 179 g/mol. The summed E-state index contributed by atoms with van der Waals surface area (Å²) in [6, 6.07) is 0.0153. The van der Waals surface area contributed by atoms with Crippen molar-refractivity contribution in [1.29, 1.82) is 0 Å². The minimum atomic E-state index is -4.07. The lowest BCUT2D eigenvalue weighted by Crippen LogP contribution is -2.40. The van der Waals surface area contributed by atoms with Crippen molar-refractivity contribution >= 4 is 0 Å².